The molecular weight excluding hydrogens is 308 g/mol. The molecule has 4 nitrogen and oxygen atoms in total. The van der Waals surface area contributed by atoms with Crippen molar-refractivity contribution in [1.82, 2.24) is 9.97 Å². The van der Waals surface area contributed by atoms with E-state index in [1.54, 1.807) is 24.7 Å². The smallest absolute Gasteiger partial charge is 0.153 e. The number of nitrogens with one attached hydrogen (secondary N) is 1. The van der Waals surface area contributed by atoms with Crippen LogP contribution in [0.4, 0.5) is 17.2 Å². The quantitative estimate of drug-likeness (QED) is 0.735. The van der Waals surface area contributed by atoms with Crippen LogP contribution in [-0.4, -0.2) is 9.97 Å². The molecule has 0 unspecified atom stereocenters. The molecule has 3 rings (SSSR count). The topological polar surface area (TPSA) is 63.8 Å². The van der Waals surface area contributed by atoms with Gasteiger partial charge in [-0.15, -0.1) is 0 Å². The lowest BCUT2D eigenvalue weighted by atomic mass is 10.1. The van der Waals surface area contributed by atoms with Gasteiger partial charge in [0.15, 0.2) is 5.82 Å². The van der Waals surface area contributed by atoms with Crippen molar-refractivity contribution in [3.63, 3.8) is 0 Å². The summed E-state index contributed by atoms with van der Waals surface area (Å²) in [6.07, 6.45) is 9.04. The first kappa shape index (κ1) is 15.1. The van der Waals surface area contributed by atoms with Crippen molar-refractivity contribution in [2.24, 2.45) is 0 Å². The number of benzene rings is 1. The number of nitrogen functional groups attached to an aromatic ring is 1. The highest BCUT2D eigenvalue weighted by atomic mass is 35.5. The van der Waals surface area contributed by atoms with Crippen molar-refractivity contribution in [3.8, 4) is 0 Å². The van der Waals surface area contributed by atoms with Crippen LogP contribution in [-0.2, 0) is 0 Å². The zero-order valence-electron chi connectivity index (χ0n) is 12.3. The molecule has 0 saturated carbocycles. The van der Waals surface area contributed by atoms with Crippen LogP contribution >= 0.6 is 11.6 Å². The molecule has 23 heavy (non-hydrogen) atoms. The van der Waals surface area contributed by atoms with Gasteiger partial charge in [-0.3, -0.25) is 4.98 Å². The van der Waals surface area contributed by atoms with Gasteiger partial charge in [-0.25, -0.2) is 4.98 Å². The summed E-state index contributed by atoms with van der Waals surface area (Å²) >= 11 is 5.93. The Hall–Kier alpha value is -2.85. The van der Waals surface area contributed by atoms with E-state index < -0.39 is 0 Å². The first-order valence-electron chi connectivity index (χ1n) is 7.07. The van der Waals surface area contributed by atoms with Gasteiger partial charge in [0.1, 0.15) is 0 Å². The molecular formula is C18H15ClN4. The summed E-state index contributed by atoms with van der Waals surface area (Å²) in [4.78, 5) is 8.29. The molecule has 2 heterocycles. The number of pyridine rings is 2. The standard InChI is InChI=1S/C18H15ClN4/c19-15-9-14(11-21-12-15)7-6-13-3-1-4-16(10-13)23-18-17(20)5-2-8-22-18/h1-12H,20H2,(H,22,23). The van der Waals surface area contributed by atoms with Crippen molar-refractivity contribution in [3.05, 3.63) is 77.2 Å². The number of aromatic nitrogens is 2. The van der Waals surface area contributed by atoms with Crippen molar-refractivity contribution in [1.29, 1.82) is 0 Å². The zero-order valence-corrected chi connectivity index (χ0v) is 13.0. The molecule has 0 fully saturated rings. The van der Waals surface area contributed by atoms with Crippen molar-refractivity contribution < 1.29 is 0 Å². The number of hydrogen-bond acceptors (Lipinski definition) is 4. The lowest BCUT2D eigenvalue weighted by molar-refractivity contribution is 1.31. The average Bonchev–Trinajstić information content (AvgIpc) is 2.56. The Kier molecular flexibility index (Phi) is 4.54. The summed E-state index contributed by atoms with van der Waals surface area (Å²) in [5, 5.41) is 3.84. The predicted molar refractivity (Wildman–Crippen MR) is 96.5 cm³/mol. The van der Waals surface area contributed by atoms with E-state index in [9.17, 15) is 0 Å². The molecule has 1 aromatic carbocycles. The van der Waals surface area contributed by atoms with E-state index in [-0.39, 0.29) is 0 Å². The van der Waals surface area contributed by atoms with Crippen LogP contribution in [0, 0.1) is 0 Å². The highest BCUT2D eigenvalue weighted by Gasteiger charge is 2.00. The molecule has 0 amide bonds. The molecule has 0 aliphatic heterocycles. The second kappa shape index (κ2) is 6.94. The largest absolute Gasteiger partial charge is 0.396 e. The molecule has 3 aromatic rings. The molecule has 3 N–H and O–H groups in total. The summed E-state index contributed by atoms with van der Waals surface area (Å²) in [5.74, 6) is 0.646. The van der Waals surface area contributed by atoms with E-state index >= 15 is 0 Å². The number of anilines is 3. The minimum atomic E-state index is 0.610. The van der Waals surface area contributed by atoms with Gasteiger partial charge in [0, 0.05) is 24.3 Å². The molecule has 0 spiro atoms. The summed E-state index contributed by atoms with van der Waals surface area (Å²) in [6.45, 7) is 0. The maximum atomic E-state index is 5.93. The van der Waals surface area contributed by atoms with E-state index in [0.717, 1.165) is 16.8 Å². The third kappa shape index (κ3) is 4.08. The second-order valence-electron chi connectivity index (χ2n) is 4.96. The Morgan fingerprint density at radius 2 is 1.87 bits per heavy atom. The number of nitrogens with two attached hydrogens (primary N) is 1. The van der Waals surface area contributed by atoms with Crippen molar-refractivity contribution in [2.45, 2.75) is 0 Å². The third-order valence-electron chi connectivity index (χ3n) is 3.18. The fourth-order valence-corrected chi connectivity index (χ4v) is 2.27. The average molecular weight is 323 g/mol. The van der Waals surface area contributed by atoms with Crippen LogP contribution in [0.25, 0.3) is 12.2 Å². The first-order chi connectivity index (χ1) is 11.2. The fraction of sp³-hybridized carbons (Fsp3) is 0. The molecule has 2 aromatic heterocycles. The van der Waals surface area contributed by atoms with E-state index in [4.69, 9.17) is 17.3 Å². The third-order valence-corrected chi connectivity index (χ3v) is 3.39. The Bertz CT molecular complexity index is 846. The lowest BCUT2D eigenvalue weighted by Crippen LogP contribution is -1.98. The van der Waals surface area contributed by atoms with Crippen LogP contribution in [0.1, 0.15) is 11.1 Å². The van der Waals surface area contributed by atoms with E-state index in [0.29, 0.717) is 16.5 Å². The maximum absolute atomic E-state index is 5.93. The Morgan fingerprint density at radius 1 is 1.00 bits per heavy atom. The van der Waals surface area contributed by atoms with E-state index in [2.05, 4.69) is 15.3 Å². The van der Waals surface area contributed by atoms with Gasteiger partial charge in [0.05, 0.1) is 10.7 Å². The molecule has 0 aliphatic carbocycles. The number of hydrogen-bond donors (Lipinski definition) is 2. The van der Waals surface area contributed by atoms with Gasteiger partial charge in [0.2, 0.25) is 0 Å². The first-order valence-corrected chi connectivity index (χ1v) is 7.45. The van der Waals surface area contributed by atoms with Crippen LogP contribution in [0.3, 0.4) is 0 Å². The fourth-order valence-electron chi connectivity index (χ4n) is 2.09. The monoisotopic (exact) mass is 322 g/mol. The highest BCUT2D eigenvalue weighted by Crippen LogP contribution is 2.21. The van der Waals surface area contributed by atoms with E-state index in [1.807, 2.05) is 48.6 Å². The number of halogens is 1. The summed E-state index contributed by atoms with van der Waals surface area (Å²) in [5.41, 5.74) is 9.42. The molecule has 0 aliphatic rings. The van der Waals surface area contributed by atoms with Gasteiger partial charge >= 0.3 is 0 Å². The Balaban J connectivity index is 1.79. The maximum Gasteiger partial charge on any atom is 0.153 e. The van der Waals surface area contributed by atoms with Crippen LogP contribution in [0.15, 0.2) is 61.1 Å². The summed E-state index contributed by atoms with van der Waals surface area (Å²) in [7, 11) is 0. The van der Waals surface area contributed by atoms with Gasteiger partial charge in [-0.05, 0) is 41.5 Å². The van der Waals surface area contributed by atoms with Gasteiger partial charge in [0.25, 0.3) is 0 Å². The summed E-state index contributed by atoms with van der Waals surface area (Å²) < 4.78 is 0. The molecule has 0 atom stereocenters. The predicted octanol–water partition coefficient (Wildman–Crippen LogP) is 4.63. The van der Waals surface area contributed by atoms with Crippen LogP contribution in [0.2, 0.25) is 5.02 Å². The van der Waals surface area contributed by atoms with Crippen LogP contribution < -0.4 is 11.1 Å². The second-order valence-corrected chi connectivity index (χ2v) is 5.40. The Morgan fingerprint density at radius 3 is 2.70 bits per heavy atom. The minimum absolute atomic E-state index is 0.610. The zero-order chi connectivity index (χ0) is 16.1. The molecule has 114 valence electrons. The van der Waals surface area contributed by atoms with Gasteiger partial charge in [-0.2, -0.15) is 0 Å². The summed E-state index contributed by atoms with van der Waals surface area (Å²) in [6, 6.07) is 13.4. The molecule has 0 radical (unpaired) electrons. The molecule has 0 bridgehead atoms. The minimum Gasteiger partial charge on any atom is -0.396 e. The van der Waals surface area contributed by atoms with E-state index in [1.165, 1.54) is 0 Å². The van der Waals surface area contributed by atoms with Gasteiger partial charge in [-0.1, -0.05) is 35.9 Å². The molecule has 0 saturated heterocycles. The number of nitrogens with zero attached hydrogens (tertiary/aromatic N) is 2. The normalized spacial score (nSPS) is 10.8. The molecule has 5 heteroatoms. The van der Waals surface area contributed by atoms with Crippen molar-refractivity contribution >= 4 is 40.9 Å². The highest BCUT2D eigenvalue weighted by molar-refractivity contribution is 6.30. The van der Waals surface area contributed by atoms with Crippen molar-refractivity contribution in [2.75, 3.05) is 11.1 Å². The SMILES string of the molecule is Nc1cccnc1Nc1cccc(C=Cc2cncc(Cl)c2)c1. The Labute approximate surface area is 139 Å². The van der Waals surface area contributed by atoms with Crippen LogP contribution in [0.5, 0.6) is 0 Å². The lowest BCUT2D eigenvalue weighted by Gasteiger charge is -2.08. The number of rotatable bonds is 4. The van der Waals surface area contributed by atoms with Gasteiger partial charge < -0.3 is 11.1 Å².